The normalized spacial score (nSPS) is 12.4. The number of aromatic nitrogens is 1. The van der Waals surface area contributed by atoms with Crippen LogP contribution >= 0.6 is 22.6 Å². The van der Waals surface area contributed by atoms with Crippen LogP contribution in [-0.4, -0.2) is 16.9 Å². The lowest BCUT2D eigenvalue weighted by atomic mass is 9.93. The van der Waals surface area contributed by atoms with E-state index in [0.29, 0.717) is 5.82 Å². The lowest BCUT2D eigenvalue weighted by molar-refractivity contribution is 0.0634. The molecule has 6 heteroatoms. The maximum absolute atomic E-state index is 11.6. The first kappa shape index (κ1) is 15.3. The predicted octanol–water partition coefficient (Wildman–Crippen LogP) is 3.92. The van der Waals surface area contributed by atoms with Gasteiger partial charge in [-0.2, -0.15) is 0 Å². The lowest BCUT2D eigenvalue weighted by Crippen LogP contribution is -2.27. The van der Waals surface area contributed by atoms with E-state index in [-0.39, 0.29) is 5.41 Å². The number of rotatable bonds is 1. The van der Waals surface area contributed by atoms with Crippen molar-refractivity contribution in [1.29, 1.82) is 0 Å². The summed E-state index contributed by atoms with van der Waals surface area (Å²) in [6, 6.07) is 0. The van der Waals surface area contributed by atoms with E-state index in [2.05, 4.69) is 33.1 Å². The number of carbonyl (C=O) groups excluding carboxylic acids is 1. The molecule has 0 fully saturated rings. The molecule has 0 radical (unpaired) electrons. The van der Waals surface area contributed by atoms with Crippen LogP contribution in [-0.2, 0) is 10.2 Å². The Labute approximate surface area is 121 Å². The Balaban J connectivity index is 2.82. The van der Waals surface area contributed by atoms with Crippen molar-refractivity contribution < 1.29 is 14.1 Å². The van der Waals surface area contributed by atoms with Crippen molar-refractivity contribution in [2.75, 3.05) is 5.32 Å². The quantitative estimate of drug-likeness (QED) is 0.765. The van der Waals surface area contributed by atoms with Crippen molar-refractivity contribution in [3.05, 3.63) is 9.33 Å². The molecule has 0 aliphatic rings. The number of hydrogen-bond acceptors (Lipinski definition) is 4. The molecule has 1 aromatic heterocycles. The molecule has 1 heterocycles. The lowest BCUT2D eigenvalue weighted by Gasteiger charge is -2.19. The van der Waals surface area contributed by atoms with Gasteiger partial charge in [-0.3, -0.25) is 5.32 Å². The summed E-state index contributed by atoms with van der Waals surface area (Å²) in [4.78, 5) is 11.6. The number of carbonyl (C=O) groups is 1. The summed E-state index contributed by atoms with van der Waals surface area (Å²) in [6.07, 6.45) is -0.533. The van der Waals surface area contributed by atoms with Gasteiger partial charge in [-0.1, -0.05) is 25.9 Å². The highest BCUT2D eigenvalue weighted by atomic mass is 127. The van der Waals surface area contributed by atoms with Gasteiger partial charge >= 0.3 is 6.09 Å². The number of ether oxygens (including phenoxy) is 1. The molecule has 0 aromatic carbocycles. The molecule has 0 saturated heterocycles. The van der Waals surface area contributed by atoms with Gasteiger partial charge in [0, 0.05) is 5.41 Å². The van der Waals surface area contributed by atoms with E-state index in [9.17, 15) is 4.79 Å². The zero-order valence-corrected chi connectivity index (χ0v) is 13.7. The summed E-state index contributed by atoms with van der Waals surface area (Å²) in [7, 11) is 0. The number of halogens is 1. The fraction of sp³-hybridized carbons (Fsp3) is 0.667. The molecular weight excluding hydrogens is 347 g/mol. The number of amides is 1. The van der Waals surface area contributed by atoms with E-state index in [4.69, 9.17) is 9.26 Å². The van der Waals surface area contributed by atoms with Gasteiger partial charge in [0.15, 0.2) is 11.6 Å². The highest BCUT2D eigenvalue weighted by Crippen LogP contribution is 2.31. The molecule has 1 aromatic rings. The minimum absolute atomic E-state index is 0.155. The van der Waals surface area contributed by atoms with Crippen molar-refractivity contribution >= 4 is 34.5 Å². The van der Waals surface area contributed by atoms with E-state index in [1.54, 1.807) is 20.8 Å². The number of anilines is 1. The van der Waals surface area contributed by atoms with Crippen LogP contribution in [0.5, 0.6) is 0 Å². The van der Waals surface area contributed by atoms with Crippen LogP contribution in [0.25, 0.3) is 0 Å². The first-order chi connectivity index (χ1) is 8.00. The summed E-state index contributed by atoms with van der Waals surface area (Å²) >= 11 is 2.11. The fourth-order valence-corrected chi connectivity index (χ4v) is 2.36. The maximum atomic E-state index is 11.6. The van der Waals surface area contributed by atoms with Gasteiger partial charge in [0.1, 0.15) is 9.17 Å². The first-order valence-corrected chi connectivity index (χ1v) is 6.74. The van der Waals surface area contributed by atoms with Gasteiger partial charge in [0.25, 0.3) is 0 Å². The highest BCUT2D eigenvalue weighted by Gasteiger charge is 2.27. The smallest absolute Gasteiger partial charge is 0.413 e. The van der Waals surface area contributed by atoms with Crippen LogP contribution in [0.15, 0.2) is 4.52 Å². The van der Waals surface area contributed by atoms with Crippen LogP contribution in [0.4, 0.5) is 10.6 Å². The van der Waals surface area contributed by atoms with Crippen molar-refractivity contribution in [2.24, 2.45) is 0 Å². The van der Waals surface area contributed by atoms with Gasteiger partial charge < -0.3 is 9.26 Å². The third-order valence-electron chi connectivity index (χ3n) is 1.94. The number of nitrogens with zero attached hydrogens (tertiary/aromatic N) is 1. The summed E-state index contributed by atoms with van der Waals surface area (Å²) in [5, 5.41) is 6.44. The Hall–Kier alpha value is -0.790. The van der Waals surface area contributed by atoms with Crippen molar-refractivity contribution in [3.8, 4) is 0 Å². The largest absolute Gasteiger partial charge is 0.444 e. The summed E-state index contributed by atoms with van der Waals surface area (Å²) in [6.45, 7) is 11.5. The standard InChI is InChI=1S/C12H19IN2O3/c1-11(2,3)8-7(13)9(15-18-8)14-10(16)17-12(4,5)6/h1-6H3,(H,14,15,16). The Morgan fingerprint density at radius 2 is 1.83 bits per heavy atom. The van der Waals surface area contributed by atoms with Crippen molar-refractivity contribution in [3.63, 3.8) is 0 Å². The Kier molecular flexibility index (Phi) is 4.30. The molecule has 0 bridgehead atoms. The fourth-order valence-electron chi connectivity index (χ4n) is 1.22. The molecule has 1 amide bonds. The molecule has 0 atom stereocenters. The van der Waals surface area contributed by atoms with Gasteiger partial charge in [0.2, 0.25) is 0 Å². The van der Waals surface area contributed by atoms with E-state index in [1.165, 1.54) is 0 Å². The van der Waals surface area contributed by atoms with Crippen LogP contribution in [0.3, 0.4) is 0 Å². The Bertz CT molecular complexity index is 441. The minimum Gasteiger partial charge on any atom is -0.444 e. The average Bonchev–Trinajstić information content (AvgIpc) is 2.43. The molecular formula is C12H19IN2O3. The molecule has 0 saturated carbocycles. The molecule has 18 heavy (non-hydrogen) atoms. The van der Waals surface area contributed by atoms with Crippen LogP contribution < -0.4 is 5.32 Å². The predicted molar refractivity (Wildman–Crippen MR) is 77.8 cm³/mol. The molecule has 102 valence electrons. The molecule has 0 spiro atoms. The minimum atomic E-state index is -0.536. The summed E-state index contributed by atoms with van der Waals surface area (Å²) < 4.78 is 11.2. The molecule has 1 rings (SSSR count). The third-order valence-corrected chi connectivity index (χ3v) is 2.94. The van der Waals surface area contributed by atoms with Crippen LogP contribution in [0, 0.1) is 3.57 Å². The Morgan fingerprint density at radius 3 is 2.22 bits per heavy atom. The van der Waals surface area contributed by atoms with Crippen LogP contribution in [0.2, 0.25) is 0 Å². The first-order valence-electron chi connectivity index (χ1n) is 5.66. The topological polar surface area (TPSA) is 64.4 Å². The SMILES string of the molecule is CC(C)(C)OC(=O)Nc1noc(C(C)(C)C)c1I. The Morgan fingerprint density at radius 1 is 1.28 bits per heavy atom. The van der Waals surface area contributed by atoms with E-state index in [0.717, 1.165) is 9.33 Å². The summed E-state index contributed by atoms with van der Waals surface area (Å²) in [5.41, 5.74) is -0.691. The maximum Gasteiger partial charge on any atom is 0.413 e. The van der Waals surface area contributed by atoms with Gasteiger partial charge in [-0.05, 0) is 43.4 Å². The molecule has 0 aliphatic heterocycles. The molecule has 0 aliphatic carbocycles. The highest BCUT2D eigenvalue weighted by molar-refractivity contribution is 14.1. The molecule has 1 N–H and O–H groups in total. The average molecular weight is 366 g/mol. The van der Waals surface area contributed by atoms with Gasteiger partial charge in [0.05, 0.1) is 0 Å². The third kappa shape index (κ3) is 4.15. The van der Waals surface area contributed by atoms with E-state index < -0.39 is 11.7 Å². The number of nitrogens with one attached hydrogen (secondary N) is 1. The van der Waals surface area contributed by atoms with E-state index in [1.807, 2.05) is 20.8 Å². The summed E-state index contributed by atoms with van der Waals surface area (Å²) in [5.74, 6) is 1.14. The number of hydrogen-bond donors (Lipinski definition) is 1. The zero-order chi connectivity index (χ0) is 14.1. The second-order valence-corrected chi connectivity index (χ2v) is 7.13. The van der Waals surface area contributed by atoms with Gasteiger partial charge in [-0.15, -0.1) is 0 Å². The van der Waals surface area contributed by atoms with E-state index >= 15 is 0 Å². The molecule has 5 nitrogen and oxygen atoms in total. The van der Waals surface area contributed by atoms with Gasteiger partial charge in [-0.25, -0.2) is 4.79 Å². The monoisotopic (exact) mass is 366 g/mol. The van der Waals surface area contributed by atoms with Crippen LogP contribution in [0.1, 0.15) is 47.3 Å². The second kappa shape index (κ2) is 5.07. The zero-order valence-electron chi connectivity index (χ0n) is 11.5. The van der Waals surface area contributed by atoms with Crippen molar-refractivity contribution in [1.82, 2.24) is 5.16 Å². The van der Waals surface area contributed by atoms with Crippen molar-refractivity contribution in [2.45, 2.75) is 52.6 Å². The molecule has 0 unspecified atom stereocenters. The second-order valence-electron chi connectivity index (χ2n) is 6.05.